The van der Waals surface area contributed by atoms with Crippen LogP contribution in [0.15, 0.2) is 29.8 Å². The van der Waals surface area contributed by atoms with Gasteiger partial charge in [-0.1, -0.05) is 12.1 Å². The number of benzene rings is 1. The maximum atomic E-state index is 13.6. The lowest BCUT2D eigenvalue weighted by atomic mass is 9.94. The van der Waals surface area contributed by atoms with Crippen molar-refractivity contribution in [1.82, 2.24) is 4.98 Å². The molecular formula is C12H11FN2S. The number of nitrogens with zero attached hydrogens (tertiary/aromatic N) is 1. The number of aromatic nitrogens is 1. The number of nitrogens with two attached hydrogens (primary N) is 1. The quantitative estimate of drug-likeness (QED) is 0.823. The first kappa shape index (κ1) is 9.93. The lowest BCUT2D eigenvalue weighted by molar-refractivity contribution is 0.531. The van der Waals surface area contributed by atoms with Crippen molar-refractivity contribution in [3.63, 3.8) is 0 Å². The molecule has 3 rings (SSSR count). The van der Waals surface area contributed by atoms with Crippen molar-refractivity contribution in [2.45, 2.75) is 18.4 Å². The van der Waals surface area contributed by atoms with Gasteiger partial charge in [0.2, 0.25) is 0 Å². The molecule has 82 valence electrons. The normalized spacial score (nSPS) is 23.4. The number of thiazole rings is 1. The predicted molar refractivity (Wildman–Crippen MR) is 61.8 cm³/mol. The van der Waals surface area contributed by atoms with Crippen LogP contribution in [0.1, 0.15) is 22.6 Å². The highest BCUT2D eigenvalue weighted by Gasteiger charge is 2.39. The molecule has 4 heteroatoms. The zero-order valence-electron chi connectivity index (χ0n) is 8.61. The number of hydrogen-bond acceptors (Lipinski definition) is 3. The fourth-order valence-corrected chi connectivity index (χ4v) is 3.15. The van der Waals surface area contributed by atoms with Gasteiger partial charge in [-0.25, -0.2) is 9.37 Å². The van der Waals surface area contributed by atoms with Crippen molar-refractivity contribution in [2.75, 3.05) is 0 Å². The molecule has 0 radical (unpaired) electrons. The van der Waals surface area contributed by atoms with E-state index in [1.807, 2.05) is 11.4 Å². The zero-order valence-corrected chi connectivity index (χ0v) is 9.43. The van der Waals surface area contributed by atoms with E-state index in [1.165, 1.54) is 17.4 Å². The number of hydrogen-bond donors (Lipinski definition) is 1. The molecule has 1 aliphatic carbocycles. The molecule has 1 atom stereocenters. The third kappa shape index (κ3) is 1.23. The Bertz CT molecular complexity index is 524. The van der Waals surface area contributed by atoms with Crippen molar-refractivity contribution in [2.24, 2.45) is 5.73 Å². The summed E-state index contributed by atoms with van der Waals surface area (Å²) in [5.74, 6) is -0.151. The molecule has 0 saturated carbocycles. The smallest absolute Gasteiger partial charge is 0.126 e. The van der Waals surface area contributed by atoms with E-state index in [-0.39, 0.29) is 5.82 Å². The summed E-state index contributed by atoms with van der Waals surface area (Å²) in [5, 5.41) is 2.78. The lowest BCUT2D eigenvalue weighted by Crippen LogP contribution is -2.35. The monoisotopic (exact) mass is 234 g/mol. The summed E-state index contributed by atoms with van der Waals surface area (Å²) in [7, 11) is 0. The van der Waals surface area contributed by atoms with Gasteiger partial charge in [0.1, 0.15) is 10.8 Å². The van der Waals surface area contributed by atoms with Gasteiger partial charge in [-0.05, 0) is 30.0 Å². The van der Waals surface area contributed by atoms with Gasteiger partial charge < -0.3 is 5.73 Å². The highest BCUT2D eigenvalue weighted by Crippen LogP contribution is 2.41. The van der Waals surface area contributed by atoms with Crippen LogP contribution < -0.4 is 5.73 Å². The third-order valence-corrected chi connectivity index (χ3v) is 4.13. The second kappa shape index (κ2) is 3.37. The highest BCUT2D eigenvalue weighted by molar-refractivity contribution is 7.09. The predicted octanol–water partition coefficient (Wildman–Crippen LogP) is 2.43. The van der Waals surface area contributed by atoms with E-state index in [9.17, 15) is 4.39 Å². The third-order valence-electron chi connectivity index (χ3n) is 3.18. The Morgan fingerprint density at radius 2 is 2.31 bits per heavy atom. The molecule has 1 unspecified atom stereocenters. The van der Waals surface area contributed by atoms with Crippen molar-refractivity contribution >= 4 is 11.3 Å². The van der Waals surface area contributed by atoms with E-state index in [1.54, 1.807) is 12.3 Å². The molecule has 2 N–H and O–H groups in total. The number of rotatable bonds is 1. The van der Waals surface area contributed by atoms with Crippen molar-refractivity contribution in [1.29, 1.82) is 0 Å². The van der Waals surface area contributed by atoms with Crippen LogP contribution in [0.25, 0.3) is 0 Å². The zero-order chi connectivity index (χ0) is 11.2. The molecule has 16 heavy (non-hydrogen) atoms. The molecule has 0 aliphatic heterocycles. The van der Waals surface area contributed by atoms with Crippen LogP contribution in [-0.4, -0.2) is 4.98 Å². The van der Waals surface area contributed by atoms with E-state index < -0.39 is 5.54 Å². The molecular weight excluding hydrogens is 223 g/mol. The van der Waals surface area contributed by atoms with Crippen LogP contribution in [0.2, 0.25) is 0 Å². The maximum absolute atomic E-state index is 13.6. The van der Waals surface area contributed by atoms with Crippen LogP contribution in [0.4, 0.5) is 4.39 Å². The van der Waals surface area contributed by atoms with Gasteiger partial charge in [0, 0.05) is 11.6 Å². The first-order valence-corrected chi connectivity index (χ1v) is 6.06. The molecule has 0 bridgehead atoms. The molecule has 0 fully saturated rings. The minimum atomic E-state index is -0.592. The van der Waals surface area contributed by atoms with Crippen molar-refractivity contribution in [3.8, 4) is 0 Å². The number of fused-ring (bicyclic) bond motifs is 1. The SMILES string of the molecule is NC1(c2nccs2)CCc2c(F)cccc21. The average Bonchev–Trinajstić information content (AvgIpc) is 2.88. The van der Waals surface area contributed by atoms with Gasteiger partial charge in [-0.15, -0.1) is 11.3 Å². The second-order valence-electron chi connectivity index (χ2n) is 4.07. The Labute approximate surface area is 96.9 Å². The minimum Gasteiger partial charge on any atom is -0.316 e. The van der Waals surface area contributed by atoms with Crippen molar-refractivity contribution < 1.29 is 4.39 Å². The summed E-state index contributed by atoms with van der Waals surface area (Å²) in [6.45, 7) is 0. The van der Waals surface area contributed by atoms with Crippen LogP contribution in [0, 0.1) is 5.82 Å². The van der Waals surface area contributed by atoms with E-state index in [0.29, 0.717) is 6.42 Å². The fraction of sp³-hybridized carbons (Fsp3) is 0.250. The Morgan fingerprint density at radius 3 is 3.06 bits per heavy atom. The van der Waals surface area contributed by atoms with Gasteiger partial charge in [0.25, 0.3) is 0 Å². The molecule has 1 heterocycles. The minimum absolute atomic E-state index is 0.151. The second-order valence-corrected chi connectivity index (χ2v) is 4.97. The van der Waals surface area contributed by atoms with E-state index in [2.05, 4.69) is 4.98 Å². The first-order chi connectivity index (χ1) is 7.72. The summed E-state index contributed by atoms with van der Waals surface area (Å²) < 4.78 is 13.6. The van der Waals surface area contributed by atoms with Gasteiger partial charge >= 0.3 is 0 Å². The van der Waals surface area contributed by atoms with E-state index in [4.69, 9.17) is 5.73 Å². The van der Waals surface area contributed by atoms with Gasteiger partial charge in [0.15, 0.2) is 0 Å². The van der Waals surface area contributed by atoms with Crippen LogP contribution >= 0.6 is 11.3 Å². The summed E-state index contributed by atoms with van der Waals surface area (Å²) in [6, 6.07) is 5.12. The topological polar surface area (TPSA) is 38.9 Å². The first-order valence-electron chi connectivity index (χ1n) is 5.18. The Hall–Kier alpha value is -1.26. The molecule has 2 nitrogen and oxygen atoms in total. The van der Waals surface area contributed by atoms with E-state index >= 15 is 0 Å². The molecule has 0 amide bonds. The Kier molecular flexibility index (Phi) is 2.09. The molecule has 1 aromatic carbocycles. The summed E-state index contributed by atoms with van der Waals surface area (Å²) in [4.78, 5) is 4.27. The van der Waals surface area contributed by atoms with Crippen LogP contribution in [0.3, 0.4) is 0 Å². The number of halogens is 1. The van der Waals surface area contributed by atoms with Gasteiger partial charge in [0.05, 0.1) is 5.54 Å². The highest BCUT2D eigenvalue weighted by atomic mass is 32.1. The van der Waals surface area contributed by atoms with Crippen molar-refractivity contribution in [3.05, 3.63) is 51.7 Å². The Morgan fingerprint density at radius 1 is 1.44 bits per heavy atom. The maximum Gasteiger partial charge on any atom is 0.126 e. The summed E-state index contributed by atoms with van der Waals surface area (Å²) >= 11 is 1.53. The largest absolute Gasteiger partial charge is 0.316 e. The average molecular weight is 234 g/mol. The summed E-state index contributed by atoms with van der Waals surface area (Å²) in [5.41, 5.74) is 7.44. The van der Waals surface area contributed by atoms with Gasteiger partial charge in [-0.3, -0.25) is 0 Å². The molecule has 2 aromatic rings. The fourth-order valence-electron chi connectivity index (χ4n) is 2.35. The van der Waals surface area contributed by atoms with Crippen LogP contribution in [-0.2, 0) is 12.0 Å². The molecule has 0 saturated heterocycles. The molecule has 0 spiro atoms. The summed E-state index contributed by atoms with van der Waals surface area (Å²) in [6.07, 6.45) is 3.17. The standard InChI is InChI=1S/C12H11FN2S/c13-10-3-1-2-9-8(10)4-5-12(9,14)11-15-6-7-16-11/h1-3,6-7H,4-5,14H2. The Balaban J connectivity index is 2.19. The van der Waals surface area contributed by atoms with Gasteiger partial charge in [-0.2, -0.15) is 0 Å². The lowest BCUT2D eigenvalue weighted by Gasteiger charge is -2.22. The van der Waals surface area contributed by atoms with E-state index in [0.717, 1.165) is 22.6 Å². The van der Waals surface area contributed by atoms with Crippen LogP contribution in [0.5, 0.6) is 0 Å². The molecule has 1 aliphatic rings. The molecule has 1 aromatic heterocycles.